The lowest BCUT2D eigenvalue weighted by atomic mass is 9.76. The first kappa shape index (κ1) is 40.2. The van der Waals surface area contributed by atoms with Crippen LogP contribution in [0.5, 0.6) is 0 Å². The van der Waals surface area contributed by atoms with Crippen molar-refractivity contribution in [3.05, 3.63) is 89.0 Å². The molecule has 2 unspecified atom stereocenters. The summed E-state index contributed by atoms with van der Waals surface area (Å²) >= 11 is 0. The van der Waals surface area contributed by atoms with Gasteiger partial charge in [-0.3, -0.25) is 23.9 Å². The second-order valence-corrected chi connectivity index (χ2v) is 14.3. The summed E-state index contributed by atoms with van der Waals surface area (Å²) in [7, 11) is 3.34. The second-order valence-electron chi connectivity index (χ2n) is 14.3. The zero-order chi connectivity index (χ0) is 39.3. The van der Waals surface area contributed by atoms with E-state index in [2.05, 4.69) is 25.9 Å². The van der Waals surface area contributed by atoms with Gasteiger partial charge in [0, 0.05) is 62.4 Å². The number of amides is 4. The van der Waals surface area contributed by atoms with Crippen molar-refractivity contribution in [2.75, 3.05) is 45.7 Å². The second kappa shape index (κ2) is 17.4. The van der Waals surface area contributed by atoms with Crippen LogP contribution in [-0.2, 0) is 19.1 Å². The molecule has 12 nitrogen and oxygen atoms in total. The van der Waals surface area contributed by atoms with E-state index >= 15 is 4.39 Å². The standard InChI is InChI=1S/C39H48F3N7O5/c1-22(2)49-32(15-16-43-49)37(51)46-35(28-12-13-29(36(41)42)27-10-8-7-9-26(27)28)38(52)44-31-14-11-25(19-30(31)40)24(4)34(45-33(50)21-54-6)39(53)48-18-17-47(5)23(3)20-48/h7-11,14-16,19,22-24,28,34-35H,12-13,17-18,20-21H2,1-6H3,(H,44,52)(H,45,50)(H,46,51)/t23-,24+,28?,34-,35?/m1/s1. The predicted octanol–water partition coefficient (Wildman–Crippen LogP) is 4.92. The Hall–Kier alpha value is -5.02. The van der Waals surface area contributed by atoms with Gasteiger partial charge in [-0.1, -0.05) is 37.3 Å². The van der Waals surface area contributed by atoms with Crippen LogP contribution >= 0.6 is 0 Å². The molecule has 0 saturated carbocycles. The maximum absolute atomic E-state index is 16.0. The molecule has 2 aromatic carbocycles. The van der Waals surface area contributed by atoms with Crippen molar-refractivity contribution in [2.45, 2.75) is 76.5 Å². The Morgan fingerprint density at radius 2 is 1.76 bits per heavy atom. The number of hydrogen-bond acceptors (Lipinski definition) is 7. The molecule has 1 saturated heterocycles. The van der Waals surface area contributed by atoms with Crippen molar-refractivity contribution in [2.24, 2.45) is 0 Å². The van der Waals surface area contributed by atoms with Gasteiger partial charge in [-0.15, -0.1) is 0 Å². The molecular formula is C39H48F3N7O5. The summed E-state index contributed by atoms with van der Waals surface area (Å²) in [6.45, 7) is 8.71. The zero-order valence-corrected chi connectivity index (χ0v) is 31.4. The molecule has 1 aliphatic heterocycles. The highest BCUT2D eigenvalue weighted by molar-refractivity contribution is 6.01. The molecule has 5 rings (SSSR count). The van der Waals surface area contributed by atoms with Gasteiger partial charge < -0.3 is 30.5 Å². The maximum atomic E-state index is 16.0. The normalized spacial score (nSPS) is 19.1. The van der Waals surface area contributed by atoms with Crippen molar-refractivity contribution < 1.29 is 37.1 Å². The molecule has 1 aromatic heterocycles. The molecule has 290 valence electrons. The number of halogens is 3. The number of likely N-dealkylation sites (N-methyl/N-ethyl adjacent to an activating group) is 1. The number of ether oxygens (including phenoxy) is 1. The molecule has 2 aliphatic rings. The number of hydrogen-bond donors (Lipinski definition) is 3. The smallest absolute Gasteiger partial charge is 0.274 e. The van der Waals surface area contributed by atoms with E-state index in [1.165, 1.54) is 36.2 Å². The van der Waals surface area contributed by atoms with Gasteiger partial charge in [0.15, 0.2) is 0 Å². The van der Waals surface area contributed by atoms with Crippen molar-refractivity contribution >= 4 is 34.9 Å². The van der Waals surface area contributed by atoms with Crippen LogP contribution in [0.4, 0.5) is 18.9 Å². The summed E-state index contributed by atoms with van der Waals surface area (Å²) in [6, 6.07) is 9.74. The molecule has 5 atom stereocenters. The SMILES string of the molecule is COCC(=O)N[C@@H](C(=O)N1CCN(C)[C@H](C)C1)[C@@H](C)c1ccc(NC(=O)C(NC(=O)c2ccnn2C(C)C)C2CCC(=C(F)F)c3ccccc32)c(F)c1. The fourth-order valence-electron chi connectivity index (χ4n) is 7.21. The topological polar surface area (TPSA) is 138 Å². The van der Waals surface area contributed by atoms with Gasteiger partial charge in [-0.2, -0.15) is 13.9 Å². The first-order valence-corrected chi connectivity index (χ1v) is 18.1. The quantitative estimate of drug-likeness (QED) is 0.239. The number of methoxy groups -OCH3 is 1. The van der Waals surface area contributed by atoms with Gasteiger partial charge in [0.05, 0.1) is 5.69 Å². The minimum atomic E-state index is -1.82. The van der Waals surface area contributed by atoms with Crippen LogP contribution in [-0.4, -0.2) is 102 Å². The fourth-order valence-corrected chi connectivity index (χ4v) is 7.21. The number of carbonyl (C=O) groups excluding carboxylic acids is 4. The monoisotopic (exact) mass is 751 g/mol. The van der Waals surface area contributed by atoms with Crippen molar-refractivity contribution in [1.29, 1.82) is 0 Å². The lowest BCUT2D eigenvalue weighted by Gasteiger charge is -2.40. The number of aromatic nitrogens is 2. The number of piperazine rings is 1. The molecule has 1 fully saturated rings. The number of carbonyl (C=O) groups is 4. The van der Waals surface area contributed by atoms with Crippen LogP contribution in [0, 0.1) is 5.82 Å². The Kier molecular flexibility index (Phi) is 13.0. The molecule has 3 aromatic rings. The van der Waals surface area contributed by atoms with Gasteiger partial charge in [0.1, 0.15) is 30.2 Å². The summed E-state index contributed by atoms with van der Waals surface area (Å²) in [5, 5.41) is 12.4. The van der Waals surface area contributed by atoms with Crippen LogP contribution < -0.4 is 16.0 Å². The van der Waals surface area contributed by atoms with Crippen molar-refractivity contribution in [3.63, 3.8) is 0 Å². The molecule has 2 heterocycles. The van der Waals surface area contributed by atoms with E-state index in [9.17, 15) is 28.0 Å². The van der Waals surface area contributed by atoms with Gasteiger partial charge >= 0.3 is 0 Å². The Balaban J connectivity index is 1.43. The third-order valence-electron chi connectivity index (χ3n) is 10.4. The van der Waals surface area contributed by atoms with Crippen LogP contribution in [0.3, 0.4) is 0 Å². The van der Waals surface area contributed by atoms with Crippen LogP contribution in [0.2, 0.25) is 0 Å². The number of benzene rings is 2. The summed E-state index contributed by atoms with van der Waals surface area (Å²) in [6.07, 6.45) is -0.280. The number of anilines is 1. The molecule has 4 amide bonds. The highest BCUT2D eigenvalue weighted by atomic mass is 19.3. The average molecular weight is 752 g/mol. The molecule has 54 heavy (non-hydrogen) atoms. The molecule has 0 bridgehead atoms. The summed E-state index contributed by atoms with van der Waals surface area (Å²) < 4.78 is 50.4. The van der Waals surface area contributed by atoms with E-state index in [0.717, 1.165) is 0 Å². The molecule has 15 heteroatoms. The Morgan fingerprint density at radius 1 is 1.02 bits per heavy atom. The highest BCUT2D eigenvalue weighted by Crippen LogP contribution is 2.42. The summed E-state index contributed by atoms with van der Waals surface area (Å²) in [5.41, 5.74) is 1.00. The molecule has 3 N–H and O–H groups in total. The van der Waals surface area contributed by atoms with E-state index in [1.807, 2.05) is 27.8 Å². The third-order valence-corrected chi connectivity index (χ3v) is 10.4. The van der Waals surface area contributed by atoms with Crippen LogP contribution in [0.1, 0.15) is 85.6 Å². The van der Waals surface area contributed by atoms with Gasteiger partial charge in [-0.05, 0) is 75.5 Å². The molecule has 0 spiro atoms. The fraction of sp³-hybridized carbons (Fsp3) is 0.462. The maximum Gasteiger partial charge on any atom is 0.274 e. The average Bonchev–Trinajstić information content (AvgIpc) is 3.65. The number of fused-ring (bicyclic) bond motifs is 1. The van der Waals surface area contributed by atoms with Gasteiger partial charge in [-0.25, -0.2) is 4.39 Å². The van der Waals surface area contributed by atoms with E-state index in [1.54, 1.807) is 42.2 Å². The Morgan fingerprint density at radius 3 is 2.43 bits per heavy atom. The molecule has 1 aliphatic carbocycles. The van der Waals surface area contributed by atoms with Crippen molar-refractivity contribution in [3.8, 4) is 0 Å². The summed E-state index contributed by atoms with van der Waals surface area (Å²) in [5.74, 6) is -4.39. The first-order chi connectivity index (χ1) is 25.7. The van der Waals surface area contributed by atoms with E-state index in [4.69, 9.17) is 4.74 Å². The number of allylic oxidation sites excluding steroid dienone is 1. The first-order valence-electron chi connectivity index (χ1n) is 18.1. The van der Waals surface area contributed by atoms with Crippen molar-refractivity contribution in [1.82, 2.24) is 30.2 Å². The minimum absolute atomic E-state index is 0.0393. The van der Waals surface area contributed by atoms with Crippen LogP contribution in [0.25, 0.3) is 5.57 Å². The molecular weight excluding hydrogens is 703 g/mol. The zero-order valence-electron chi connectivity index (χ0n) is 31.4. The molecule has 0 radical (unpaired) electrons. The van der Waals surface area contributed by atoms with Gasteiger partial charge in [0.25, 0.3) is 12.0 Å². The predicted molar refractivity (Wildman–Crippen MR) is 197 cm³/mol. The minimum Gasteiger partial charge on any atom is -0.375 e. The number of nitrogens with zero attached hydrogens (tertiary/aromatic N) is 4. The number of nitrogens with one attached hydrogen (secondary N) is 3. The Bertz CT molecular complexity index is 1890. The Labute approximate surface area is 313 Å². The summed E-state index contributed by atoms with van der Waals surface area (Å²) in [4.78, 5) is 58.1. The third kappa shape index (κ3) is 8.84. The van der Waals surface area contributed by atoms with E-state index in [0.29, 0.717) is 30.8 Å². The lowest BCUT2D eigenvalue weighted by molar-refractivity contribution is -0.140. The highest BCUT2D eigenvalue weighted by Gasteiger charge is 2.38. The van der Waals surface area contributed by atoms with Crippen LogP contribution in [0.15, 0.2) is 60.8 Å². The van der Waals surface area contributed by atoms with E-state index < -0.39 is 53.5 Å². The van der Waals surface area contributed by atoms with E-state index in [-0.39, 0.29) is 60.0 Å². The van der Waals surface area contributed by atoms with Gasteiger partial charge in [0.2, 0.25) is 17.7 Å². The lowest BCUT2D eigenvalue weighted by Crippen LogP contribution is -2.58. The number of rotatable bonds is 12. The largest absolute Gasteiger partial charge is 0.375 e.